The molecule has 1 unspecified atom stereocenters. The molecule has 0 heterocycles. The van der Waals surface area contributed by atoms with E-state index < -0.39 is 11.6 Å². The summed E-state index contributed by atoms with van der Waals surface area (Å²) >= 11 is 0. The molecule has 0 bridgehead atoms. The maximum absolute atomic E-state index is 12.1. The third kappa shape index (κ3) is 7.19. The lowest BCUT2D eigenvalue weighted by molar-refractivity contribution is -0.160. The van der Waals surface area contributed by atoms with Crippen molar-refractivity contribution in [2.45, 2.75) is 73.0 Å². The Kier molecular flexibility index (Phi) is 7.09. The van der Waals surface area contributed by atoms with Gasteiger partial charge in [-0.25, -0.2) is 4.79 Å². The van der Waals surface area contributed by atoms with Gasteiger partial charge in [0, 0.05) is 5.92 Å². The van der Waals surface area contributed by atoms with Gasteiger partial charge in [-0.05, 0) is 33.1 Å². The number of carbonyl (C=O) groups is 2. The molecule has 4 heteroatoms. The Morgan fingerprint density at radius 3 is 2.05 bits per heavy atom. The van der Waals surface area contributed by atoms with Crippen LogP contribution in [0.4, 0.5) is 0 Å². The lowest BCUT2D eigenvalue weighted by Gasteiger charge is -2.27. The van der Waals surface area contributed by atoms with Crippen molar-refractivity contribution in [1.29, 1.82) is 0 Å². The average Bonchev–Trinajstić information content (AvgIpc) is 2.22. The van der Waals surface area contributed by atoms with Crippen molar-refractivity contribution in [1.82, 2.24) is 5.32 Å². The molecule has 0 aliphatic carbocycles. The summed E-state index contributed by atoms with van der Waals surface area (Å²) in [7, 11) is 0. The molecule has 0 aliphatic heterocycles. The molecule has 112 valence electrons. The number of ether oxygens (including phenoxy) is 1. The van der Waals surface area contributed by atoms with Crippen molar-refractivity contribution in [3.63, 3.8) is 0 Å². The van der Waals surface area contributed by atoms with Crippen molar-refractivity contribution in [2.24, 2.45) is 11.8 Å². The zero-order valence-electron chi connectivity index (χ0n) is 13.4. The second-order valence-corrected chi connectivity index (χ2v) is 6.45. The highest BCUT2D eigenvalue weighted by Crippen LogP contribution is 2.13. The number of amides is 1. The maximum Gasteiger partial charge on any atom is 0.329 e. The number of hydrogen-bond acceptors (Lipinski definition) is 3. The molecule has 0 aromatic carbocycles. The van der Waals surface area contributed by atoms with Crippen molar-refractivity contribution in [2.75, 3.05) is 0 Å². The van der Waals surface area contributed by atoms with Crippen LogP contribution in [0.25, 0.3) is 0 Å². The molecular weight excluding hydrogens is 242 g/mol. The van der Waals surface area contributed by atoms with E-state index in [2.05, 4.69) is 5.32 Å². The van der Waals surface area contributed by atoms with E-state index in [4.69, 9.17) is 4.74 Å². The molecule has 0 aromatic rings. The quantitative estimate of drug-likeness (QED) is 0.756. The van der Waals surface area contributed by atoms with Gasteiger partial charge in [-0.3, -0.25) is 4.79 Å². The molecule has 0 aromatic heterocycles. The Bertz CT molecular complexity index is 305. The van der Waals surface area contributed by atoms with Gasteiger partial charge >= 0.3 is 5.97 Å². The van der Waals surface area contributed by atoms with Gasteiger partial charge in [0.05, 0.1) is 0 Å². The summed E-state index contributed by atoms with van der Waals surface area (Å²) in [6.45, 7) is 13.2. The fourth-order valence-electron chi connectivity index (χ4n) is 1.72. The molecule has 0 aliphatic rings. The van der Waals surface area contributed by atoms with E-state index in [9.17, 15) is 9.59 Å². The van der Waals surface area contributed by atoms with E-state index in [0.29, 0.717) is 0 Å². The lowest BCUT2D eigenvalue weighted by atomic mass is 10.0. The SMILES string of the molecule is CCCC(C)C(=O)N[C@H](C(=O)OC(C)(C)C)C(C)C. The largest absolute Gasteiger partial charge is 0.458 e. The van der Waals surface area contributed by atoms with Crippen LogP contribution in [0.2, 0.25) is 0 Å². The summed E-state index contributed by atoms with van der Waals surface area (Å²) in [5, 5.41) is 2.81. The van der Waals surface area contributed by atoms with Crippen LogP contribution in [0, 0.1) is 11.8 Å². The Hall–Kier alpha value is -1.06. The maximum atomic E-state index is 12.1. The number of rotatable bonds is 6. The predicted molar refractivity (Wildman–Crippen MR) is 76.7 cm³/mol. The topological polar surface area (TPSA) is 55.4 Å². The number of hydrogen-bond donors (Lipinski definition) is 1. The molecule has 0 radical (unpaired) electrons. The Labute approximate surface area is 117 Å². The summed E-state index contributed by atoms with van der Waals surface area (Å²) in [5.41, 5.74) is -0.538. The summed E-state index contributed by atoms with van der Waals surface area (Å²) in [6, 6.07) is -0.578. The van der Waals surface area contributed by atoms with Crippen LogP contribution < -0.4 is 5.32 Å². The lowest BCUT2D eigenvalue weighted by Crippen LogP contribution is -2.48. The Morgan fingerprint density at radius 1 is 1.16 bits per heavy atom. The van der Waals surface area contributed by atoms with Gasteiger partial charge in [0.25, 0.3) is 0 Å². The first-order valence-corrected chi connectivity index (χ1v) is 7.11. The zero-order chi connectivity index (χ0) is 15.2. The summed E-state index contributed by atoms with van der Waals surface area (Å²) in [6.07, 6.45) is 1.78. The van der Waals surface area contributed by atoms with E-state index in [1.807, 2.05) is 48.5 Å². The van der Waals surface area contributed by atoms with Gasteiger partial charge in [0.15, 0.2) is 0 Å². The molecule has 19 heavy (non-hydrogen) atoms. The number of nitrogens with one attached hydrogen (secondary N) is 1. The zero-order valence-corrected chi connectivity index (χ0v) is 13.4. The molecule has 1 amide bonds. The van der Waals surface area contributed by atoms with Crippen molar-refractivity contribution in [3.8, 4) is 0 Å². The van der Waals surface area contributed by atoms with Crippen LogP contribution in [0.15, 0.2) is 0 Å². The second-order valence-electron chi connectivity index (χ2n) is 6.45. The molecule has 2 atom stereocenters. The van der Waals surface area contributed by atoms with Crippen LogP contribution in [0.1, 0.15) is 61.3 Å². The normalized spacial score (nSPS) is 14.9. The van der Waals surface area contributed by atoms with Crippen LogP contribution >= 0.6 is 0 Å². The monoisotopic (exact) mass is 271 g/mol. The Balaban J connectivity index is 4.67. The molecule has 0 rings (SSSR count). The summed E-state index contributed by atoms with van der Waals surface area (Å²) in [4.78, 5) is 24.1. The predicted octanol–water partition coefficient (Wildman–Crippen LogP) is 2.91. The number of esters is 1. The Morgan fingerprint density at radius 2 is 1.68 bits per heavy atom. The van der Waals surface area contributed by atoms with Crippen molar-refractivity contribution in [3.05, 3.63) is 0 Å². The van der Waals surface area contributed by atoms with Gasteiger partial charge in [0.1, 0.15) is 11.6 Å². The third-order valence-electron chi connectivity index (χ3n) is 2.79. The van der Waals surface area contributed by atoms with Crippen LogP contribution in [-0.4, -0.2) is 23.5 Å². The minimum atomic E-state index is -0.578. The highest BCUT2D eigenvalue weighted by atomic mass is 16.6. The summed E-state index contributed by atoms with van der Waals surface area (Å²) in [5.74, 6) is -0.507. The molecule has 0 saturated heterocycles. The van der Waals surface area contributed by atoms with E-state index in [0.717, 1.165) is 12.8 Å². The van der Waals surface area contributed by atoms with E-state index in [1.165, 1.54) is 0 Å². The molecule has 1 N–H and O–H groups in total. The molecule has 4 nitrogen and oxygen atoms in total. The average molecular weight is 271 g/mol. The second kappa shape index (κ2) is 7.51. The van der Waals surface area contributed by atoms with Crippen LogP contribution in [-0.2, 0) is 14.3 Å². The minimum absolute atomic E-state index is 0.00706. The smallest absolute Gasteiger partial charge is 0.329 e. The van der Waals surface area contributed by atoms with E-state index in [-0.39, 0.29) is 23.7 Å². The highest BCUT2D eigenvalue weighted by Gasteiger charge is 2.30. The standard InChI is InChI=1S/C15H29NO3/c1-8-9-11(4)13(17)16-12(10(2)3)14(18)19-15(5,6)7/h10-12H,8-9H2,1-7H3,(H,16,17)/t11?,12-/m0/s1. The van der Waals surface area contributed by atoms with Crippen LogP contribution in [0.5, 0.6) is 0 Å². The van der Waals surface area contributed by atoms with Gasteiger partial charge in [0.2, 0.25) is 5.91 Å². The first-order valence-electron chi connectivity index (χ1n) is 7.11. The van der Waals surface area contributed by atoms with Gasteiger partial charge in [-0.1, -0.05) is 34.1 Å². The molecular formula is C15H29NO3. The van der Waals surface area contributed by atoms with Gasteiger partial charge < -0.3 is 10.1 Å². The van der Waals surface area contributed by atoms with E-state index in [1.54, 1.807) is 0 Å². The summed E-state index contributed by atoms with van der Waals surface area (Å²) < 4.78 is 5.35. The fourth-order valence-corrected chi connectivity index (χ4v) is 1.72. The molecule has 0 spiro atoms. The minimum Gasteiger partial charge on any atom is -0.458 e. The highest BCUT2D eigenvalue weighted by molar-refractivity contribution is 5.85. The van der Waals surface area contributed by atoms with Crippen LogP contribution in [0.3, 0.4) is 0 Å². The first kappa shape index (κ1) is 17.9. The first-order chi connectivity index (χ1) is 8.58. The number of carbonyl (C=O) groups excluding carboxylic acids is 2. The molecule has 0 fully saturated rings. The van der Waals surface area contributed by atoms with Gasteiger partial charge in [-0.2, -0.15) is 0 Å². The fraction of sp³-hybridized carbons (Fsp3) is 0.867. The van der Waals surface area contributed by atoms with Crippen molar-refractivity contribution >= 4 is 11.9 Å². The van der Waals surface area contributed by atoms with E-state index >= 15 is 0 Å². The third-order valence-corrected chi connectivity index (χ3v) is 2.79. The van der Waals surface area contributed by atoms with Crippen molar-refractivity contribution < 1.29 is 14.3 Å². The molecule has 0 saturated carbocycles. The van der Waals surface area contributed by atoms with Gasteiger partial charge in [-0.15, -0.1) is 0 Å².